The lowest BCUT2D eigenvalue weighted by molar-refractivity contribution is 0.687. The SMILES string of the molecule is CC(=N)C1=C(C)CCCC1. The third-order valence-electron chi connectivity index (χ3n) is 2.20. The fourth-order valence-electron chi connectivity index (χ4n) is 1.56. The van der Waals surface area contributed by atoms with Crippen molar-refractivity contribution in [1.29, 1.82) is 5.41 Å². The maximum atomic E-state index is 7.46. The van der Waals surface area contributed by atoms with Gasteiger partial charge in [-0.2, -0.15) is 0 Å². The van der Waals surface area contributed by atoms with Gasteiger partial charge in [0.05, 0.1) is 0 Å². The quantitative estimate of drug-likeness (QED) is 0.537. The van der Waals surface area contributed by atoms with Crippen molar-refractivity contribution < 1.29 is 0 Å². The van der Waals surface area contributed by atoms with Crippen LogP contribution in [-0.2, 0) is 0 Å². The van der Waals surface area contributed by atoms with Crippen LogP contribution >= 0.6 is 0 Å². The van der Waals surface area contributed by atoms with E-state index in [4.69, 9.17) is 5.41 Å². The van der Waals surface area contributed by atoms with E-state index < -0.39 is 0 Å². The molecule has 0 aliphatic heterocycles. The molecule has 56 valence electrons. The van der Waals surface area contributed by atoms with E-state index in [1.54, 1.807) is 0 Å². The van der Waals surface area contributed by atoms with Crippen molar-refractivity contribution in [2.45, 2.75) is 39.5 Å². The fraction of sp³-hybridized carbons (Fsp3) is 0.667. The zero-order valence-corrected chi connectivity index (χ0v) is 6.83. The molecule has 1 rings (SSSR count). The molecule has 1 heteroatoms. The Morgan fingerprint density at radius 1 is 1.30 bits per heavy atom. The molecule has 0 saturated carbocycles. The first-order valence-electron chi connectivity index (χ1n) is 3.96. The molecule has 1 N–H and O–H groups in total. The highest BCUT2D eigenvalue weighted by Gasteiger charge is 2.09. The van der Waals surface area contributed by atoms with Gasteiger partial charge in [0.25, 0.3) is 0 Å². The van der Waals surface area contributed by atoms with E-state index in [1.807, 2.05) is 6.92 Å². The lowest BCUT2D eigenvalue weighted by Gasteiger charge is -2.16. The van der Waals surface area contributed by atoms with Crippen LogP contribution in [0.2, 0.25) is 0 Å². The van der Waals surface area contributed by atoms with Crippen molar-refractivity contribution in [2.75, 3.05) is 0 Å². The van der Waals surface area contributed by atoms with E-state index >= 15 is 0 Å². The first-order chi connectivity index (χ1) is 4.72. The molecule has 0 bridgehead atoms. The van der Waals surface area contributed by atoms with Gasteiger partial charge in [-0.25, -0.2) is 0 Å². The van der Waals surface area contributed by atoms with Crippen LogP contribution in [0.4, 0.5) is 0 Å². The first-order valence-corrected chi connectivity index (χ1v) is 3.96. The third kappa shape index (κ3) is 1.47. The number of hydrogen-bond donors (Lipinski definition) is 1. The lowest BCUT2D eigenvalue weighted by atomic mass is 9.90. The summed E-state index contributed by atoms with van der Waals surface area (Å²) in [6.45, 7) is 4.05. The second-order valence-electron chi connectivity index (χ2n) is 3.09. The van der Waals surface area contributed by atoms with Crippen LogP contribution in [-0.4, -0.2) is 5.71 Å². The summed E-state index contributed by atoms with van der Waals surface area (Å²) in [5.74, 6) is 0. The van der Waals surface area contributed by atoms with Gasteiger partial charge in [-0.05, 0) is 45.1 Å². The Bertz CT molecular complexity index is 177. The highest BCUT2D eigenvalue weighted by molar-refractivity contribution is 5.96. The summed E-state index contributed by atoms with van der Waals surface area (Å²) in [6, 6.07) is 0. The normalized spacial score (nSPS) is 19.4. The van der Waals surface area contributed by atoms with Crippen molar-refractivity contribution in [1.82, 2.24) is 0 Å². The predicted molar refractivity (Wildman–Crippen MR) is 44.6 cm³/mol. The van der Waals surface area contributed by atoms with Crippen LogP contribution in [0.15, 0.2) is 11.1 Å². The summed E-state index contributed by atoms with van der Waals surface area (Å²) in [4.78, 5) is 0. The molecule has 1 nitrogen and oxygen atoms in total. The van der Waals surface area contributed by atoms with Gasteiger partial charge < -0.3 is 5.41 Å². The van der Waals surface area contributed by atoms with E-state index in [0.29, 0.717) is 0 Å². The summed E-state index contributed by atoms with van der Waals surface area (Å²) in [6.07, 6.45) is 4.96. The highest BCUT2D eigenvalue weighted by atomic mass is 14.4. The minimum absolute atomic E-state index is 0.775. The van der Waals surface area contributed by atoms with Crippen molar-refractivity contribution in [3.05, 3.63) is 11.1 Å². The molecule has 0 heterocycles. The van der Waals surface area contributed by atoms with E-state index in [-0.39, 0.29) is 0 Å². The van der Waals surface area contributed by atoms with Crippen LogP contribution in [0.1, 0.15) is 39.5 Å². The molecule has 0 spiro atoms. The Hall–Kier alpha value is -0.590. The first kappa shape index (κ1) is 7.52. The molecule has 10 heavy (non-hydrogen) atoms. The molecule has 0 aromatic rings. The average Bonchev–Trinajstić information content (AvgIpc) is 1.88. The highest BCUT2D eigenvalue weighted by Crippen LogP contribution is 2.24. The molecule has 1 aliphatic rings. The Morgan fingerprint density at radius 2 is 1.90 bits per heavy atom. The maximum Gasteiger partial charge on any atom is 0.0314 e. The van der Waals surface area contributed by atoms with E-state index in [2.05, 4.69) is 6.92 Å². The molecular formula is C9H15N. The maximum absolute atomic E-state index is 7.46. The molecular weight excluding hydrogens is 122 g/mol. The van der Waals surface area contributed by atoms with Crippen LogP contribution in [0.5, 0.6) is 0 Å². The van der Waals surface area contributed by atoms with Crippen molar-refractivity contribution in [2.24, 2.45) is 0 Å². The summed E-state index contributed by atoms with van der Waals surface area (Å²) in [5, 5.41) is 7.46. The average molecular weight is 137 g/mol. The molecule has 0 aromatic heterocycles. The van der Waals surface area contributed by atoms with Crippen LogP contribution in [0, 0.1) is 5.41 Å². The van der Waals surface area contributed by atoms with Gasteiger partial charge in [0.1, 0.15) is 0 Å². The largest absolute Gasteiger partial charge is 0.305 e. The molecule has 0 saturated heterocycles. The number of hydrogen-bond acceptors (Lipinski definition) is 1. The second-order valence-corrected chi connectivity index (χ2v) is 3.09. The van der Waals surface area contributed by atoms with Gasteiger partial charge in [0.2, 0.25) is 0 Å². The van der Waals surface area contributed by atoms with Crippen LogP contribution < -0.4 is 0 Å². The van der Waals surface area contributed by atoms with Crippen molar-refractivity contribution in [3.8, 4) is 0 Å². The standard InChI is InChI=1S/C9H15N/c1-7-5-3-4-6-9(7)8(2)10/h10H,3-6H2,1-2H3. The molecule has 0 unspecified atom stereocenters. The van der Waals surface area contributed by atoms with E-state index in [0.717, 1.165) is 12.1 Å². The number of allylic oxidation sites excluding steroid dienone is 2. The van der Waals surface area contributed by atoms with Gasteiger partial charge in [-0.3, -0.25) is 0 Å². The zero-order valence-electron chi connectivity index (χ0n) is 6.83. The number of nitrogens with one attached hydrogen (secondary N) is 1. The van der Waals surface area contributed by atoms with Crippen molar-refractivity contribution >= 4 is 5.71 Å². The van der Waals surface area contributed by atoms with Gasteiger partial charge in [0, 0.05) is 5.71 Å². The third-order valence-corrected chi connectivity index (χ3v) is 2.20. The summed E-state index contributed by atoms with van der Waals surface area (Å²) in [5.41, 5.74) is 3.53. The summed E-state index contributed by atoms with van der Waals surface area (Å²) < 4.78 is 0. The van der Waals surface area contributed by atoms with Crippen LogP contribution in [0.25, 0.3) is 0 Å². The van der Waals surface area contributed by atoms with Gasteiger partial charge >= 0.3 is 0 Å². The molecule has 0 amide bonds. The Balaban J connectivity index is 2.78. The Kier molecular flexibility index (Phi) is 2.25. The van der Waals surface area contributed by atoms with E-state index in [1.165, 1.54) is 30.4 Å². The fourth-order valence-corrected chi connectivity index (χ4v) is 1.56. The topological polar surface area (TPSA) is 23.9 Å². The van der Waals surface area contributed by atoms with E-state index in [9.17, 15) is 0 Å². The minimum Gasteiger partial charge on any atom is -0.305 e. The second kappa shape index (κ2) is 3.00. The summed E-state index contributed by atoms with van der Waals surface area (Å²) >= 11 is 0. The van der Waals surface area contributed by atoms with Gasteiger partial charge in [-0.1, -0.05) is 5.57 Å². The smallest absolute Gasteiger partial charge is 0.0314 e. The minimum atomic E-state index is 0.775. The van der Waals surface area contributed by atoms with Gasteiger partial charge in [-0.15, -0.1) is 0 Å². The summed E-state index contributed by atoms with van der Waals surface area (Å²) in [7, 11) is 0. The molecule has 0 aromatic carbocycles. The van der Waals surface area contributed by atoms with Gasteiger partial charge in [0.15, 0.2) is 0 Å². The Morgan fingerprint density at radius 3 is 2.30 bits per heavy atom. The Labute approximate surface area is 62.6 Å². The molecule has 1 aliphatic carbocycles. The zero-order chi connectivity index (χ0) is 7.56. The molecule has 0 atom stereocenters. The molecule has 0 fully saturated rings. The lowest BCUT2D eigenvalue weighted by Crippen LogP contribution is -2.04. The number of rotatable bonds is 1. The predicted octanol–water partition coefficient (Wildman–Crippen LogP) is 2.92. The van der Waals surface area contributed by atoms with Crippen LogP contribution in [0.3, 0.4) is 0 Å². The molecule has 0 radical (unpaired) electrons. The van der Waals surface area contributed by atoms with Crippen molar-refractivity contribution in [3.63, 3.8) is 0 Å². The monoisotopic (exact) mass is 137 g/mol.